The maximum atomic E-state index is 13.1. The average molecular weight is 494 g/mol. The topological polar surface area (TPSA) is 89.3 Å². The van der Waals surface area contributed by atoms with E-state index in [1.807, 2.05) is 6.92 Å². The Balaban J connectivity index is 1.36. The van der Waals surface area contributed by atoms with Gasteiger partial charge in [-0.25, -0.2) is 4.98 Å². The van der Waals surface area contributed by atoms with Gasteiger partial charge in [-0.3, -0.25) is 14.3 Å². The van der Waals surface area contributed by atoms with Crippen LogP contribution in [0.3, 0.4) is 0 Å². The van der Waals surface area contributed by atoms with E-state index in [1.165, 1.54) is 6.20 Å². The number of anilines is 1. The summed E-state index contributed by atoms with van der Waals surface area (Å²) in [5.41, 5.74) is 0.993. The van der Waals surface area contributed by atoms with E-state index in [0.29, 0.717) is 18.1 Å². The third-order valence-electron chi connectivity index (χ3n) is 6.97. The lowest BCUT2D eigenvalue weighted by atomic mass is 9.81. The van der Waals surface area contributed by atoms with Crippen molar-refractivity contribution in [2.45, 2.75) is 57.7 Å². The Morgan fingerprint density at radius 1 is 1.20 bits per heavy atom. The molecule has 2 aromatic heterocycles. The standard InChI is InChI=1S/C24H30F3N5O3/c1-15-13-20(30-31(15)2)29-22(33)21-19(6-3-11-28-21)35-14-18-5-4-12-32(18)23(34)16-7-9-17(10-8-16)24(25,26)27/h3,6,11,13,16-18H,4-5,7-10,12,14H2,1-2H3,(H,29,30,33)/t16?,17?,18-/m1/s1. The lowest BCUT2D eigenvalue weighted by molar-refractivity contribution is -0.185. The Labute approximate surface area is 201 Å². The highest BCUT2D eigenvalue weighted by Gasteiger charge is 2.44. The van der Waals surface area contributed by atoms with Crippen molar-refractivity contribution in [3.8, 4) is 5.75 Å². The summed E-state index contributed by atoms with van der Waals surface area (Å²) in [5.74, 6) is -1.54. The minimum atomic E-state index is -4.19. The molecule has 0 bridgehead atoms. The summed E-state index contributed by atoms with van der Waals surface area (Å²) < 4.78 is 46.5. The molecule has 1 saturated carbocycles. The van der Waals surface area contributed by atoms with E-state index in [1.54, 1.807) is 34.8 Å². The molecule has 2 amide bonds. The molecule has 4 rings (SSSR count). The smallest absolute Gasteiger partial charge is 0.391 e. The molecule has 0 radical (unpaired) electrons. The first-order valence-electron chi connectivity index (χ1n) is 11.9. The molecule has 8 nitrogen and oxygen atoms in total. The Morgan fingerprint density at radius 3 is 2.60 bits per heavy atom. The first-order valence-corrected chi connectivity index (χ1v) is 11.9. The summed E-state index contributed by atoms with van der Waals surface area (Å²) in [4.78, 5) is 31.8. The van der Waals surface area contributed by atoms with Gasteiger partial charge in [-0.1, -0.05) is 0 Å². The fourth-order valence-electron chi connectivity index (χ4n) is 4.86. The summed E-state index contributed by atoms with van der Waals surface area (Å²) >= 11 is 0. The highest BCUT2D eigenvalue weighted by atomic mass is 19.4. The van der Waals surface area contributed by atoms with Crippen molar-refractivity contribution < 1.29 is 27.5 Å². The van der Waals surface area contributed by atoms with Gasteiger partial charge in [-0.05, 0) is 57.6 Å². The SMILES string of the molecule is Cc1cc(NC(=O)c2ncccc2OC[C@H]2CCCN2C(=O)C2CCC(C(F)(F)F)CC2)nn1C. The molecule has 1 aliphatic heterocycles. The number of pyridine rings is 1. The molecule has 0 spiro atoms. The quantitative estimate of drug-likeness (QED) is 0.654. The van der Waals surface area contributed by atoms with Gasteiger partial charge in [0.1, 0.15) is 6.61 Å². The van der Waals surface area contributed by atoms with Crippen LogP contribution in [0.1, 0.15) is 54.7 Å². The molecule has 2 aromatic rings. The Morgan fingerprint density at radius 2 is 1.94 bits per heavy atom. The zero-order valence-corrected chi connectivity index (χ0v) is 19.8. The number of carbonyl (C=O) groups excluding carboxylic acids is 2. The fourth-order valence-corrected chi connectivity index (χ4v) is 4.86. The van der Waals surface area contributed by atoms with Gasteiger partial charge in [0, 0.05) is 37.5 Å². The monoisotopic (exact) mass is 493 g/mol. The van der Waals surface area contributed by atoms with Gasteiger partial charge in [0.2, 0.25) is 5.91 Å². The largest absolute Gasteiger partial charge is 0.489 e. The predicted octanol–water partition coefficient (Wildman–Crippen LogP) is 4.11. The number of carbonyl (C=O) groups is 2. The second-order valence-corrected chi connectivity index (χ2v) is 9.33. The van der Waals surface area contributed by atoms with Crippen LogP contribution in [-0.4, -0.2) is 56.8 Å². The van der Waals surface area contributed by atoms with Gasteiger partial charge in [0.25, 0.3) is 5.91 Å². The number of ether oxygens (including phenoxy) is 1. The van der Waals surface area contributed by atoms with Crippen LogP contribution < -0.4 is 10.1 Å². The number of hydrogen-bond donors (Lipinski definition) is 1. The van der Waals surface area contributed by atoms with Crippen molar-refractivity contribution in [3.63, 3.8) is 0 Å². The summed E-state index contributed by atoms with van der Waals surface area (Å²) in [6.07, 6.45) is -0.650. The minimum Gasteiger partial charge on any atom is -0.489 e. The van der Waals surface area contributed by atoms with Crippen molar-refractivity contribution >= 4 is 17.6 Å². The number of nitrogens with one attached hydrogen (secondary N) is 1. The van der Waals surface area contributed by atoms with E-state index in [-0.39, 0.29) is 55.9 Å². The molecular weight excluding hydrogens is 463 g/mol. The van der Waals surface area contributed by atoms with Crippen LogP contribution in [0, 0.1) is 18.8 Å². The molecule has 190 valence electrons. The fraction of sp³-hybridized carbons (Fsp3) is 0.583. The second kappa shape index (κ2) is 10.2. The summed E-state index contributed by atoms with van der Waals surface area (Å²) in [6.45, 7) is 2.61. The van der Waals surface area contributed by atoms with Gasteiger partial charge in [0.15, 0.2) is 17.3 Å². The maximum absolute atomic E-state index is 13.1. The highest BCUT2D eigenvalue weighted by Crippen LogP contribution is 2.40. The van der Waals surface area contributed by atoms with Crippen molar-refractivity contribution in [3.05, 3.63) is 35.8 Å². The van der Waals surface area contributed by atoms with Crippen LogP contribution in [0.2, 0.25) is 0 Å². The number of aryl methyl sites for hydroxylation is 2. The molecule has 1 aliphatic carbocycles. The molecule has 35 heavy (non-hydrogen) atoms. The zero-order chi connectivity index (χ0) is 25.2. The Bertz CT molecular complexity index is 1040. The summed E-state index contributed by atoms with van der Waals surface area (Å²) in [7, 11) is 1.77. The van der Waals surface area contributed by atoms with Crippen molar-refractivity contribution in [2.24, 2.45) is 18.9 Å². The number of amides is 2. The van der Waals surface area contributed by atoms with E-state index in [9.17, 15) is 22.8 Å². The molecule has 1 N–H and O–H groups in total. The predicted molar refractivity (Wildman–Crippen MR) is 122 cm³/mol. The van der Waals surface area contributed by atoms with Gasteiger partial charge in [-0.2, -0.15) is 18.3 Å². The van der Waals surface area contributed by atoms with E-state index in [4.69, 9.17) is 4.74 Å². The first-order chi connectivity index (χ1) is 16.6. The van der Waals surface area contributed by atoms with Crippen LogP contribution in [0.5, 0.6) is 5.75 Å². The van der Waals surface area contributed by atoms with Crippen LogP contribution in [0.15, 0.2) is 24.4 Å². The number of aromatic nitrogens is 3. The normalized spacial score (nSPS) is 22.8. The second-order valence-electron chi connectivity index (χ2n) is 9.33. The third-order valence-corrected chi connectivity index (χ3v) is 6.97. The Hall–Kier alpha value is -3.11. The van der Waals surface area contributed by atoms with Crippen LogP contribution in [-0.2, 0) is 11.8 Å². The van der Waals surface area contributed by atoms with E-state index in [0.717, 1.165) is 18.5 Å². The van der Waals surface area contributed by atoms with Gasteiger partial charge < -0.3 is 15.0 Å². The average Bonchev–Trinajstić information content (AvgIpc) is 3.42. The third kappa shape index (κ3) is 5.76. The molecule has 3 heterocycles. The lowest BCUT2D eigenvalue weighted by Crippen LogP contribution is -2.44. The number of hydrogen-bond acceptors (Lipinski definition) is 5. The van der Waals surface area contributed by atoms with E-state index in [2.05, 4.69) is 15.4 Å². The van der Waals surface area contributed by atoms with Crippen LogP contribution in [0.4, 0.5) is 19.0 Å². The Kier molecular flexibility index (Phi) is 7.32. The number of likely N-dealkylation sites (tertiary alicyclic amines) is 1. The van der Waals surface area contributed by atoms with Gasteiger partial charge in [0.05, 0.1) is 12.0 Å². The van der Waals surface area contributed by atoms with Crippen molar-refractivity contribution in [2.75, 3.05) is 18.5 Å². The number of alkyl halides is 3. The maximum Gasteiger partial charge on any atom is 0.391 e. The number of nitrogens with zero attached hydrogens (tertiary/aromatic N) is 4. The van der Waals surface area contributed by atoms with Gasteiger partial charge >= 0.3 is 6.18 Å². The minimum absolute atomic E-state index is 0.00113. The molecule has 2 aliphatic rings. The molecular formula is C24H30F3N5O3. The number of rotatable bonds is 6. The van der Waals surface area contributed by atoms with E-state index >= 15 is 0 Å². The molecule has 11 heteroatoms. The first kappa shape index (κ1) is 25.0. The van der Waals surface area contributed by atoms with Gasteiger partial charge in [-0.15, -0.1) is 0 Å². The van der Waals surface area contributed by atoms with Crippen molar-refractivity contribution in [1.82, 2.24) is 19.7 Å². The highest BCUT2D eigenvalue weighted by molar-refractivity contribution is 6.04. The number of halogens is 3. The summed E-state index contributed by atoms with van der Waals surface area (Å²) in [6, 6.07) is 4.85. The molecule has 1 saturated heterocycles. The lowest BCUT2D eigenvalue weighted by Gasteiger charge is -2.33. The van der Waals surface area contributed by atoms with Crippen LogP contribution >= 0.6 is 0 Å². The zero-order valence-electron chi connectivity index (χ0n) is 19.8. The summed E-state index contributed by atoms with van der Waals surface area (Å²) in [5, 5.41) is 6.93. The van der Waals surface area contributed by atoms with E-state index < -0.39 is 18.0 Å². The molecule has 0 unspecified atom stereocenters. The molecule has 1 atom stereocenters. The molecule has 0 aromatic carbocycles. The molecule has 2 fully saturated rings. The van der Waals surface area contributed by atoms with Crippen LogP contribution in [0.25, 0.3) is 0 Å². The van der Waals surface area contributed by atoms with Crippen molar-refractivity contribution in [1.29, 1.82) is 0 Å².